The molecule has 0 aliphatic rings. The molecule has 140 valence electrons. The van der Waals surface area contributed by atoms with Gasteiger partial charge in [-0.05, 0) is 18.6 Å². The highest BCUT2D eigenvalue weighted by atomic mass is 16.5. The third kappa shape index (κ3) is 5.85. The number of carbonyl (C=O) groups is 2. The first-order valence-corrected chi connectivity index (χ1v) is 8.46. The molecule has 9 heteroatoms. The van der Waals surface area contributed by atoms with Crippen LogP contribution >= 0.6 is 0 Å². The van der Waals surface area contributed by atoms with Crippen molar-refractivity contribution in [3.05, 3.63) is 30.9 Å². The number of carbonyl (C=O) groups excluding carboxylic acids is 2. The first-order valence-electron chi connectivity index (χ1n) is 8.46. The lowest BCUT2D eigenvalue weighted by molar-refractivity contribution is -0.154. The minimum Gasteiger partial charge on any atom is -0.472 e. The van der Waals surface area contributed by atoms with Crippen LogP contribution in [0.15, 0.2) is 35.3 Å². The van der Waals surface area contributed by atoms with Gasteiger partial charge in [0.05, 0.1) is 30.7 Å². The van der Waals surface area contributed by atoms with Gasteiger partial charge in [-0.25, -0.2) is 15.0 Å². The fourth-order valence-electron chi connectivity index (χ4n) is 2.42. The van der Waals surface area contributed by atoms with E-state index in [4.69, 9.17) is 4.42 Å². The number of rotatable bonds is 11. The molecule has 0 fully saturated rings. The van der Waals surface area contributed by atoms with Crippen LogP contribution in [0.5, 0.6) is 0 Å². The molecule has 0 bridgehead atoms. The van der Waals surface area contributed by atoms with Gasteiger partial charge in [0.15, 0.2) is 0 Å². The minimum absolute atomic E-state index is 0.0728. The van der Waals surface area contributed by atoms with Crippen molar-refractivity contribution in [3.8, 4) is 11.3 Å². The van der Waals surface area contributed by atoms with E-state index in [-0.39, 0.29) is 24.8 Å². The second-order valence-electron chi connectivity index (χ2n) is 5.81. The number of unbranched alkanes of at least 4 members (excludes halogenated alkanes) is 2. The molecule has 0 aromatic carbocycles. The van der Waals surface area contributed by atoms with Crippen LogP contribution in [-0.4, -0.2) is 39.1 Å². The maximum absolute atomic E-state index is 12.4. The van der Waals surface area contributed by atoms with Crippen LogP contribution < -0.4 is 10.9 Å². The van der Waals surface area contributed by atoms with Gasteiger partial charge in [0, 0.05) is 11.8 Å². The van der Waals surface area contributed by atoms with Gasteiger partial charge in [0.1, 0.15) is 0 Å². The molecule has 0 aliphatic heterocycles. The second-order valence-corrected chi connectivity index (χ2v) is 5.81. The fraction of sp³-hybridized carbons (Fsp3) is 0.412. The summed E-state index contributed by atoms with van der Waals surface area (Å²) in [5, 5.41) is 9.87. The summed E-state index contributed by atoms with van der Waals surface area (Å²) >= 11 is 0. The zero-order valence-corrected chi connectivity index (χ0v) is 14.6. The summed E-state index contributed by atoms with van der Waals surface area (Å²) in [5.74, 6) is -0.666. The lowest BCUT2D eigenvalue weighted by Gasteiger charge is -2.19. The van der Waals surface area contributed by atoms with Crippen LogP contribution in [0, 0.1) is 5.92 Å². The Bertz CT molecular complexity index is 692. The molecule has 1 atom stereocenters. The van der Waals surface area contributed by atoms with E-state index in [9.17, 15) is 14.8 Å². The third-order valence-corrected chi connectivity index (χ3v) is 3.83. The molecule has 2 aromatic rings. The molecule has 2 amide bonds. The molecule has 2 rings (SSSR count). The van der Waals surface area contributed by atoms with Crippen molar-refractivity contribution in [1.29, 1.82) is 0 Å². The summed E-state index contributed by atoms with van der Waals surface area (Å²) in [6.45, 7) is 1.99. The monoisotopic (exact) mass is 361 g/mol. The number of nitrogens with zero attached hydrogens (tertiary/aromatic N) is 3. The van der Waals surface area contributed by atoms with Gasteiger partial charge in [0.2, 0.25) is 18.3 Å². The summed E-state index contributed by atoms with van der Waals surface area (Å²) in [6.07, 6.45) is 8.31. The largest absolute Gasteiger partial charge is 0.472 e. The van der Waals surface area contributed by atoms with Crippen molar-refractivity contribution in [3.63, 3.8) is 0 Å². The molecule has 2 heterocycles. The Morgan fingerprint density at radius 3 is 2.96 bits per heavy atom. The van der Waals surface area contributed by atoms with E-state index in [1.54, 1.807) is 30.9 Å². The van der Waals surface area contributed by atoms with E-state index in [1.807, 2.05) is 0 Å². The number of hydrazine groups is 1. The molecule has 2 aromatic heterocycles. The molecular formula is C17H23N5O4. The van der Waals surface area contributed by atoms with Crippen molar-refractivity contribution in [1.82, 2.24) is 20.5 Å². The Balaban J connectivity index is 1.95. The molecule has 0 saturated carbocycles. The van der Waals surface area contributed by atoms with Gasteiger partial charge in [-0.3, -0.25) is 25.6 Å². The van der Waals surface area contributed by atoms with Gasteiger partial charge in [-0.2, -0.15) is 0 Å². The highest BCUT2D eigenvalue weighted by Gasteiger charge is 2.20. The predicted octanol–water partition coefficient (Wildman–Crippen LogP) is 2.22. The molecule has 0 spiro atoms. The molecule has 3 N–H and O–H groups in total. The van der Waals surface area contributed by atoms with Crippen molar-refractivity contribution < 1.29 is 19.2 Å². The third-order valence-electron chi connectivity index (χ3n) is 3.83. The Hall–Kier alpha value is -2.94. The summed E-state index contributed by atoms with van der Waals surface area (Å²) in [7, 11) is 0. The SMILES string of the molecule is CCCCC[C@@H](CN(O)C=O)C(=O)NNc1nccc(-c2ccoc2)n1. The second kappa shape index (κ2) is 10.1. The topological polar surface area (TPSA) is 121 Å². The van der Waals surface area contributed by atoms with Crippen LogP contribution in [0.1, 0.15) is 32.6 Å². The Morgan fingerprint density at radius 1 is 1.42 bits per heavy atom. The van der Waals surface area contributed by atoms with E-state index in [1.165, 1.54) is 0 Å². The van der Waals surface area contributed by atoms with E-state index < -0.39 is 5.92 Å². The van der Waals surface area contributed by atoms with Crippen LogP contribution in [0.2, 0.25) is 0 Å². The van der Waals surface area contributed by atoms with Crippen LogP contribution in [-0.2, 0) is 9.59 Å². The number of hydrogen-bond acceptors (Lipinski definition) is 7. The first kappa shape index (κ1) is 19.4. The maximum Gasteiger partial charge on any atom is 0.243 e. The number of hydrogen-bond donors (Lipinski definition) is 3. The van der Waals surface area contributed by atoms with Gasteiger partial charge in [-0.1, -0.05) is 26.2 Å². The van der Waals surface area contributed by atoms with E-state index in [2.05, 4.69) is 27.7 Å². The average molecular weight is 361 g/mol. The molecule has 26 heavy (non-hydrogen) atoms. The number of anilines is 1. The lowest BCUT2D eigenvalue weighted by atomic mass is 10.0. The molecule has 0 radical (unpaired) electrons. The van der Waals surface area contributed by atoms with E-state index >= 15 is 0 Å². The summed E-state index contributed by atoms with van der Waals surface area (Å²) in [4.78, 5) is 31.3. The minimum atomic E-state index is -0.540. The van der Waals surface area contributed by atoms with Gasteiger partial charge >= 0.3 is 0 Å². The number of furan rings is 1. The normalized spacial score (nSPS) is 11.6. The van der Waals surface area contributed by atoms with E-state index in [0.717, 1.165) is 24.8 Å². The zero-order chi connectivity index (χ0) is 18.8. The molecule has 9 nitrogen and oxygen atoms in total. The highest BCUT2D eigenvalue weighted by Crippen LogP contribution is 2.17. The maximum atomic E-state index is 12.4. The summed E-state index contributed by atoms with van der Waals surface area (Å²) < 4.78 is 5.03. The standard InChI is InChI=1S/C17H23N5O4/c1-2-3-4-5-13(10-22(25)12-23)16(24)20-21-17-18-8-6-15(19-17)14-7-9-26-11-14/h6-9,11-13,25H,2-5,10H2,1H3,(H,20,24)(H,18,19,21)/t13-/m0/s1. The number of nitrogens with one attached hydrogen (secondary N) is 2. The van der Waals surface area contributed by atoms with Gasteiger partial charge in [-0.15, -0.1) is 0 Å². The Kier molecular flexibility index (Phi) is 7.56. The number of hydroxylamine groups is 2. The number of amides is 2. The van der Waals surface area contributed by atoms with Gasteiger partial charge in [0.25, 0.3) is 0 Å². The Labute approximate surface area is 151 Å². The quantitative estimate of drug-likeness (QED) is 0.243. The molecular weight excluding hydrogens is 338 g/mol. The fourth-order valence-corrected chi connectivity index (χ4v) is 2.42. The van der Waals surface area contributed by atoms with E-state index in [0.29, 0.717) is 17.2 Å². The highest BCUT2D eigenvalue weighted by molar-refractivity contribution is 5.80. The number of aromatic nitrogens is 2. The van der Waals surface area contributed by atoms with Crippen molar-refractivity contribution >= 4 is 18.3 Å². The van der Waals surface area contributed by atoms with Crippen molar-refractivity contribution in [2.24, 2.45) is 5.92 Å². The van der Waals surface area contributed by atoms with Crippen LogP contribution in [0.3, 0.4) is 0 Å². The smallest absolute Gasteiger partial charge is 0.243 e. The van der Waals surface area contributed by atoms with Crippen LogP contribution in [0.4, 0.5) is 5.95 Å². The van der Waals surface area contributed by atoms with Crippen molar-refractivity contribution in [2.75, 3.05) is 12.0 Å². The van der Waals surface area contributed by atoms with Crippen LogP contribution in [0.25, 0.3) is 11.3 Å². The predicted molar refractivity (Wildman–Crippen MR) is 93.7 cm³/mol. The summed E-state index contributed by atoms with van der Waals surface area (Å²) in [5.41, 5.74) is 6.64. The lowest BCUT2D eigenvalue weighted by Crippen LogP contribution is -2.40. The molecule has 0 saturated heterocycles. The molecule has 0 unspecified atom stereocenters. The average Bonchev–Trinajstić information content (AvgIpc) is 3.20. The van der Waals surface area contributed by atoms with Crippen molar-refractivity contribution in [2.45, 2.75) is 32.6 Å². The summed E-state index contributed by atoms with van der Waals surface area (Å²) in [6, 6.07) is 3.49. The molecule has 0 aliphatic carbocycles. The first-order chi connectivity index (χ1) is 12.6. The van der Waals surface area contributed by atoms with Gasteiger partial charge < -0.3 is 4.42 Å². The zero-order valence-electron chi connectivity index (χ0n) is 14.6. The Morgan fingerprint density at radius 2 is 2.27 bits per heavy atom.